The molecule has 1 unspecified atom stereocenters. The fraction of sp³-hybridized carbons (Fsp3) is 0.200. The maximum Gasteiger partial charge on any atom is 0.152 e. The van der Waals surface area contributed by atoms with Crippen LogP contribution in [0.2, 0.25) is 0 Å². The molecule has 0 bridgehead atoms. The van der Waals surface area contributed by atoms with E-state index in [1.54, 1.807) is 6.92 Å². The highest BCUT2D eigenvalue weighted by molar-refractivity contribution is 9.10. The molecule has 2 aromatic rings. The van der Waals surface area contributed by atoms with Crippen LogP contribution in [-0.2, 0) is 0 Å². The molecule has 0 spiro atoms. The van der Waals surface area contributed by atoms with Gasteiger partial charge >= 0.3 is 0 Å². The van der Waals surface area contributed by atoms with Gasteiger partial charge in [-0.25, -0.2) is 8.78 Å². The lowest BCUT2D eigenvalue weighted by Gasteiger charge is -2.18. The first-order valence-electron chi connectivity index (χ1n) is 5.96. The Morgan fingerprint density at radius 2 is 1.79 bits per heavy atom. The molecule has 2 aromatic carbocycles. The maximum absolute atomic E-state index is 13.9. The van der Waals surface area contributed by atoms with E-state index in [4.69, 9.17) is 0 Å². The first-order valence-corrected chi connectivity index (χ1v) is 6.75. The molecule has 1 atom stereocenters. The van der Waals surface area contributed by atoms with Crippen molar-refractivity contribution in [3.63, 3.8) is 0 Å². The van der Waals surface area contributed by atoms with Crippen molar-refractivity contribution in [2.24, 2.45) is 0 Å². The van der Waals surface area contributed by atoms with Crippen molar-refractivity contribution in [2.45, 2.75) is 19.9 Å². The van der Waals surface area contributed by atoms with Crippen molar-refractivity contribution in [3.05, 3.63) is 63.6 Å². The fourth-order valence-corrected chi connectivity index (χ4v) is 2.54. The number of hydrogen-bond donors (Lipinski definition) is 1. The van der Waals surface area contributed by atoms with Crippen LogP contribution in [0, 0.1) is 18.6 Å². The molecular weight excluding hydrogens is 312 g/mol. The molecule has 0 amide bonds. The molecule has 2 rings (SSSR count). The number of halogens is 3. The lowest BCUT2D eigenvalue weighted by molar-refractivity contribution is 0.579. The van der Waals surface area contributed by atoms with Crippen LogP contribution in [0.4, 0.5) is 14.5 Å². The summed E-state index contributed by atoms with van der Waals surface area (Å²) in [4.78, 5) is 0. The van der Waals surface area contributed by atoms with E-state index in [2.05, 4.69) is 21.2 Å². The summed E-state index contributed by atoms with van der Waals surface area (Å²) in [5.74, 6) is -1.12. The largest absolute Gasteiger partial charge is 0.374 e. The quantitative estimate of drug-likeness (QED) is 0.816. The second-order valence-corrected chi connectivity index (χ2v) is 5.30. The molecule has 0 aliphatic rings. The molecule has 100 valence electrons. The van der Waals surface area contributed by atoms with Crippen molar-refractivity contribution >= 4 is 21.6 Å². The zero-order valence-corrected chi connectivity index (χ0v) is 12.3. The zero-order chi connectivity index (χ0) is 14.0. The Hall–Kier alpha value is -1.42. The number of rotatable bonds is 3. The molecular formula is C15H14BrF2N. The molecule has 4 heteroatoms. The van der Waals surface area contributed by atoms with Gasteiger partial charge in [-0.1, -0.05) is 40.2 Å². The molecule has 1 N–H and O–H groups in total. The Morgan fingerprint density at radius 1 is 1.11 bits per heavy atom. The van der Waals surface area contributed by atoms with Crippen LogP contribution < -0.4 is 5.32 Å². The highest BCUT2D eigenvalue weighted by Gasteiger charge is 2.15. The van der Waals surface area contributed by atoms with Gasteiger partial charge < -0.3 is 5.32 Å². The van der Waals surface area contributed by atoms with E-state index < -0.39 is 11.6 Å². The van der Waals surface area contributed by atoms with Gasteiger partial charge in [-0.05, 0) is 37.1 Å². The fourth-order valence-electron chi connectivity index (χ4n) is 1.91. The monoisotopic (exact) mass is 325 g/mol. The van der Waals surface area contributed by atoms with Gasteiger partial charge in [0.05, 0.1) is 0 Å². The first kappa shape index (κ1) is 14.0. The predicted octanol–water partition coefficient (Wildman–Crippen LogP) is 5.21. The third-order valence-electron chi connectivity index (χ3n) is 3.02. The second-order valence-electron chi connectivity index (χ2n) is 4.44. The van der Waals surface area contributed by atoms with Gasteiger partial charge in [0.15, 0.2) is 5.82 Å². The van der Waals surface area contributed by atoms with Crippen molar-refractivity contribution in [1.82, 2.24) is 0 Å². The minimum atomic E-state index is -0.581. The van der Waals surface area contributed by atoms with Crippen LogP contribution in [0.1, 0.15) is 24.1 Å². The summed E-state index contributed by atoms with van der Waals surface area (Å²) in [6, 6.07) is 10.1. The Morgan fingerprint density at radius 3 is 2.47 bits per heavy atom. The highest BCUT2D eigenvalue weighted by Crippen LogP contribution is 2.29. The summed E-state index contributed by atoms with van der Waals surface area (Å²) in [5.41, 5.74) is 1.29. The van der Waals surface area contributed by atoms with Gasteiger partial charge in [-0.3, -0.25) is 0 Å². The highest BCUT2D eigenvalue weighted by atomic mass is 79.9. The smallest absolute Gasteiger partial charge is 0.152 e. The normalized spacial score (nSPS) is 12.3. The summed E-state index contributed by atoms with van der Waals surface area (Å²) in [7, 11) is 0. The minimum absolute atomic E-state index is 0.0803. The van der Waals surface area contributed by atoms with Gasteiger partial charge in [0.2, 0.25) is 0 Å². The first-order chi connectivity index (χ1) is 9.00. The number of nitrogens with one attached hydrogen (secondary N) is 1. The van der Waals surface area contributed by atoms with E-state index in [1.807, 2.05) is 31.2 Å². The summed E-state index contributed by atoms with van der Waals surface area (Å²) >= 11 is 3.43. The Balaban J connectivity index is 2.32. The Kier molecular flexibility index (Phi) is 4.20. The van der Waals surface area contributed by atoms with Gasteiger partial charge in [0.25, 0.3) is 0 Å². The second kappa shape index (κ2) is 5.70. The minimum Gasteiger partial charge on any atom is -0.374 e. The summed E-state index contributed by atoms with van der Waals surface area (Å²) in [5, 5.41) is 2.90. The van der Waals surface area contributed by atoms with E-state index in [1.165, 1.54) is 12.1 Å². The van der Waals surface area contributed by atoms with E-state index in [0.29, 0.717) is 5.56 Å². The lowest BCUT2D eigenvalue weighted by atomic mass is 10.1. The standard InChI is InChI=1S/C15H14BrF2N/c1-9-7-8-13(17)15(14(9)18)19-10(2)11-5-3-4-6-12(11)16/h3-8,10,19H,1-2H3. The van der Waals surface area contributed by atoms with Crippen LogP contribution in [0.25, 0.3) is 0 Å². The lowest BCUT2D eigenvalue weighted by Crippen LogP contribution is -2.10. The number of hydrogen-bond acceptors (Lipinski definition) is 1. The molecule has 0 aromatic heterocycles. The van der Waals surface area contributed by atoms with Crippen LogP contribution in [-0.4, -0.2) is 0 Å². The van der Waals surface area contributed by atoms with Gasteiger partial charge in [0.1, 0.15) is 11.5 Å². The average Bonchev–Trinajstić information content (AvgIpc) is 2.39. The molecule has 0 saturated carbocycles. The molecule has 0 radical (unpaired) electrons. The molecule has 0 heterocycles. The van der Waals surface area contributed by atoms with Crippen molar-refractivity contribution in [3.8, 4) is 0 Å². The number of anilines is 1. The van der Waals surface area contributed by atoms with E-state index in [-0.39, 0.29) is 11.7 Å². The molecule has 0 aliphatic heterocycles. The van der Waals surface area contributed by atoms with Crippen molar-refractivity contribution < 1.29 is 8.78 Å². The van der Waals surface area contributed by atoms with Crippen LogP contribution in [0.3, 0.4) is 0 Å². The molecule has 0 saturated heterocycles. The SMILES string of the molecule is Cc1ccc(F)c(NC(C)c2ccccc2Br)c1F. The third-order valence-corrected chi connectivity index (χ3v) is 3.74. The van der Waals surface area contributed by atoms with Gasteiger partial charge in [0, 0.05) is 10.5 Å². The Bertz CT molecular complexity index is 599. The molecule has 0 aliphatic carbocycles. The molecule has 0 fully saturated rings. The van der Waals surface area contributed by atoms with Crippen molar-refractivity contribution in [2.75, 3.05) is 5.32 Å². The van der Waals surface area contributed by atoms with E-state index in [0.717, 1.165) is 10.0 Å². The van der Waals surface area contributed by atoms with Crippen molar-refractivity contribution in [1.29, 1.82) is 0 Å². The van der Waals surface area contributed by atoms with Crippen LogP contribution >= 0.6 is 15.9 Å². The van der Waals surface area contributed by atoms with Crippen LogP contribution in [0.5, 0.6) is 0 Å². The van der Waals surface area contributed by atoms with Crippen LogP contribution in [0.15, 0.2) is 40.9 Å². The van der Waals surface area contributed by atoms with E-state index in [9.17, 15) is 8.78 Å². The predicted molar refractivity (Wildman–Crippen MR) is 77.3 cm³/mol. The molecule has 19 heavy (non-hydrogen) atoms. The third kappa shape index (κ3) is 2.95. The number of benzene rings is 2. The molecule has 1 nitrogen and oxygen atoms in total. The maximum atomic E-state index is 13.9. The average molecular weight is 326 g/mol. The van der Waals surface area contributed by atoms with E-state index >= 15 is 0 Å². The topological polar surface area (TPSA) is 12.0 Å². The number of aryl methyl sites for hydroxylation is 1. The summed E-state index contributed by atoms with van der Waals surface area (Å²) < 4.78 is 28.5. The zero-order valence-electron chi connectivity index (χ0n) is 10.7. The summed E-state index contributed by atoms with van der Waals surface area (Å²) in [6.07, 6.45) is 0. The Labute approximate surface area is 119 Å². The summed E-state index contributed by atoms with van der Waals surface area (Å²) in [6.45, 7) is 3.48. The van der Waals surface area contributed by atoms with Gasteiger partial charge in [-0.2, -0.15) is 0 Å². The van der Waals surface area contributed by atoms with Gasteiger partial charge in [-0.15, -0.1) is 0 Å².